The third-order valence-electron chi connectivity index (χ3n) is 2.86. The summed E-state index contributed by atoms with van der Waals surface area (Å²) in [7, 11) is 0. The van der Waals surface area contributed by atoms with Crippen LogP contribution in [0.25, 0.3) is 0 Å². The van der Waals surface area contributed by atoms with Crippen molar-refractivity contribution in [2.24, 2.45) is 0 Å². The lowest BCUT2D eigenvalue weighted by Gasteiger charge is -2.16. The normalized spacial score (nSPS) is 12.9. The van der Waals surface area contributed by atoms with E-state index in [4.69, 9.17) is 0 Å². The maximum atomic E-state index is 12.9. The van der Waals surface area contributed by atoms with Crippen molar-refractivity contribution in [3.8, 4) is 0 Å². The summed E-state index contributed by atoms with van der Waals surface area (Å²) in [6, 6.07) is 3.79. The summed E-state index contributed by atoms with van der Waals surface area (Å²) in [5, 5.41) is 5.27. The molecule has 0 heterocycles. The zero-order valence-corrected chi connectivity index (χ0v) is 13.4. The third-order valence-corrected chi connectivity index (χ3v) is 3.35. The van der Waals surface area contributed by atoms with Gasteiger partial charge in [0.05, 0.1) is 12.1 Å². The molecular formula is C14H18BrF3N2O. The van der Waals surface area contributed by atoms with Gasteiger partial charge in [0.1, 0.15) is 0 Å². The zero-order chi connectivity index (χ0) is 16.0. The number of halogens is 4. The van der Waals surface area contributed by atoms with Crippen LogP contribution in [0.2, 0.25) is 0 Å². The van der Waals surface area contributed by atoms with Crippen LogP contribution >= 0.6 is 15.9 Å². The van der Waals surface area contributed by atoms with Gasteiger partial charge in [-0.3, -0.25) is 4.79 Å². The largest absolute Gasteiger partial charge is 0.418 e. The van der Waals surface area contributed by atoms with E-state index >= 15 is 0 Å². The van der Waals surface area contributed by atoms with Gasteiger partial charge < -0.3 is 10.6 Å². The zero-order valence-electron chi connectivity index (χ0n) is 11.9. The quantitative estimate of drug-likeness (QED) is 0.792. The minimum atomic E-state index is -4.47. The van der Waals surface area contributed by atoms with Crippen LogP contribution in [0.3, 0.4) is 0 Å². The second-order valence-corrected chi connectivity index (χ2v) is 5.71. The van der Waals surface area contributed by atoms with E-state index in [0.29, 0.717) is 4.47 Å². The van der Waals surface area contributed by atoms with Crippen molar-refractivity contribution in [1.29, 1.82) is 0 Å². The van der Waals surface area contributed by atoms with Crippen molar-refractivity contribution in [2.75, 3.05) is 11.9 Å². The number of carbonyl (C=O) groups excluding carboxylic acids is 1. The molecule has 0 aromatic heterocycles. The maximum Gasteiger partial charge on any atom is 0.418 e. The van der Waals surface area contributed by atoms with Gasteiger partial charge in [-0.15, -0.1) is 0 Å². The molecule has 1 aromatic rings. The number of hydrogen-bond donors (Lipinski definition) is 2. The van der Waals surface area contributed by atoms with E-state index in [2.05, 4.69) is 26.6 Å². The molecule has 3 nitrogen and oxygen atoms in total. The first-order valence-electron chi connectivity index (χ1n) is 6.64. The van der Waals surface area contributed by atoms with Gasteiger partial charge in [-0.25, -0.2) is 0 Å². The molecule has 1 aromatic carbocycles. The van der Waals surface area contributed by atoms with E-state index in [1.807, 2.05) is 13.8 Å². The fourth-order valence-corrected chi connectivity index (χ4v) is 2.27. The number of rotatable bonds is 6. The molecule has 0 fully saturated rings. The molecular weight excluding hydrogens is 349 g/mol. The Morgan fingerprint density at radius 2 is 2.05 bits per heavy atom. The maximum absolute atomic E-state index is 12.9. The van der Waals surface area contributed by atoms with Crippen molar-refractivity contribution in [3.63, 3.8) is 0 Å². The van der Waals surface area contributed by atoms with Crippen LogP contribution in [-0.2, 0) is 11.0 Å². The molecule has 0 aliphatic rings. The minimum Gasteiger partial charge on any atom is -0.376 e. The molecule has 2 N–H and O–H groups in total. The van der Waals surface area contributed by atoms with E-state index in [9.17, 15) is 18.0 Å². The first-order chi connectivity index (χ1) is 9.74. The van der Waals surface area contributed by atoms with E-state index in [1.54, 1.807) is 0 Å². The van der Waals surface area contributed by atoms with Gasteiger partial charge >= 0.3 is 6.18 Å². The summed E-state index contributed by atoms with van der Waals surface area (Å²) in [6.07, 6.45) is -2.71. The van der Waals surface area contributed by atoms with Crippen molar-refractivity contribution < 1.29 is 18.0 Å². The average Bonchev–Trinajstić information content (AvgIpc) is 2.36. The summed E-state index contributed by atoms with van der Waals surface area (Å²) < 4.78 is 39.0. The molecule has 0 saturated carbocycles. The van der Waals surface area contributed by atoms with E-state index in [-0.39, 0.29) is 24.2 Å². The second-order valence-electron chi connectivity index (χ2n) is 4.80. The number of nitrogens with one attached hydrogen (secondary N) is 2. The van der Waals surface area contributed by atoms with Crippen molar-refractivity contribution in [3.05, 3.63) is 28.2 Å². The lowest BCUT2D eigenvalue weighted by atomic mass is 10.1. The molecule has 0 bridgehead atoms. The minimum absolute atomic E-state index is 0.0105. The topological polar surface area (TPSA) is 41.1 Å². The number of anilines is 1. The molecule has 0 radical (unpaired) electrons. The Morgan fingerprint density at radius 1 is 1.38 bits per heavy atom. The van der Waals surface area contributed by atoms with Crippen LogP contribution in [0.15, 0.2) is 22.7 Å². The highest BCUT2D eigenvalue weighted by Crippen LogP contribution is 2.36. The number of benzene rings is 1. The molecule has 1 unspecified atom stereocenters. The van der Waals surface area contributed by atoms with Gasteiger partial charge in [0.15, 0.2) is 0 Å². The van der Waals surface area contributed by atoms with Crippen LogP contribution in [0.5, 0.6) is 0 Å². The Morgan fingerprint density at radius 3 is 2.62 bits per heavy atom. The van der Waals surface area contributed by atoms with Gasteiger partial charge in [0.2, 0.25) is 5.91 Å². The Bertz CT molecular complexity index is 492. The molecule has 1 rings (SSSR count). The van der Waals surface area contributed by atoms with Gasteiger partial charge in [0.25, 0.3) is 0 Å². The second kappa shape index (κ2) is 7.68. The van der Waals surface area contributed by atoms with Crippen molar-refractivity contribution >= 4 is 27.5 Å². The first-order valence-corrected chi connectivity index (χ1v) is 7.43. The van der Waals surface area contributed by atoms with Crippen LogP contribution in [0.1, 0.15) is 32.3 Å². The van der Waals surface area contributed by atoms with E-state index < -0.39 is 11.7 Å². The summed E-state index contributed by atoms with van der Waals surface area (Å²) >= 11 is 3.01. The van der Waals surface area contributed by atoms with Crippen molar-refractivity contribution in [2.45, 2.75) is 38.9 Å². The first kappa shape index (κ1) is 17.8. The highest BCUT2D eigenvalue weighted by molar-refractivity contribution is 9.10. The average molecular weight is 367 g/mol. The molecule has 0 spiro atoms. The van der Waals surface area contributed by atoms with Crippen LogP contribution in [-0.4, -0.2) is 18.5 Å². The van der Waals surface area contributed by atoms with Crippen LogP contribution < -0.4 is 10.6 Å². The summed E-state index contributed by atoms with van der Waals surface area (Å²) in [4.78, 5) is 11.7. The summed E-state index contributed by atoms with van der Waals surface area (Å²) in [5.41, 5.74) is -0.907. The summed E-state index contributed by atoms with van der Waals surface area (Å²) in [5.74, 6) is -0.327. The van der Waals surface area contributed by atoms with Gasteiger partial charge in [0, 0.05) is 16.2 Å². The van der Waals surface area contributed by atoms with Crippen LogP contribution in [0.4, 0.5) is 18.9 Å². The molecule has 7 heteroatoms. The Balaban J connectivity index is 2.69. The van der Waals surface area contributed by atoms with Gasteiger partial charge in [-0.05, 0) is 31.5 Å². The highest BCUT2D eigenvalue weighted by Gasteiger charge is 2.33. The predicted octanol–water partition coefficient (Wildman–Crippen LogP) is 4.18. The number of hydrogen-bond acceptors (Lipinski definition) is 2. The molecule has 0 saturated heterocycles. The molecule has 1 amide bonds. The number of carbonyl (C=O) groups is 1. The third kappa shape index (κ3) is 5.95. The smallest absolute Gasteiger partial charge is 0.376 e. The Labute approximate surface area is 130 Å². The van der Waals surface area contributed by atoms with Gasteiger partial charge in [-0.1, -0.05) is 29.3 Å². The number of alkyl halides is 3. The predicted molar refractivity (Wildman–Crippen MR) is 80.1 cm³/mol. The monoisotopic (exact) mass is 366 g/mol. The Hall–Kier alpha value is -1.24. The fraction of sp³-hybridized carbons (Fsp3) is 0.500. The Kier molecular flexibility index (Phi) is 6.51. The lowest BCUT2D eigenvalue weighted by Crippen LogP contribution is -2.36. The molecule has 0 aliphatic carbocycles. The van der Waals surface area contributed by atoms with Crippen LogP contribution in [0, 0.1) is 0 Å². The lowest BCUT2D eigenvalue weighted by molar-refractivity contribution is -0.137. The van der Waals surface area contributed by atoms with E-state index in [1.165, 1.54) is 12.1 Å². The molecule has 21 heavy (non-hydrogen) atoms. The fourth-order valence-electron chi connectivity index (χ4n) is 1.91. The highest BCUT2D eigenvalue weighted by atomic mass is 79.9. The molecule has 118 valence electrons. The molecule has 1 atom stereocenters. The van der Waals surface area contributed by atoms with Crippen molar-refractivity contribution in [1.82, 2.24) is 5.32 Å². The standard InChI is InChI=1S/C14H18BrF3N2O/c1-3-4-9(2)20-13(21)8-19-12-6-5-10(15)7-11(12)14(16,17)18/h5-7,9,19H,3-4,8H2,1-2H3,(H,20,21). The SMILES string of the molecule is CCCC(C)NC(=O)CNc1ccc(Br)cc1C(F)(F)F. The number of amides is 1. The summed E-state index contributed by atoms with van der Waals surface area (Å²) in [6.45, 7) is 3.67. The molecule has 0 aliphatic heterocycles. The van der Waals surface area contributed by atoms with Gasteiger partial charge in [-0.2, -0.15) is 13.2 Å². The van der Waals surface area contributed by atoms with E-state index in [0.717, 1.165) is 18.9 Å².